The van der Waals surface area contributed by atoms with E-state index in [-0.39, 0.29) is 11.4 Å². The summed E-state index contributed by atoms with van der Waals surface area (Å²) in [5, 5.41) is 11.3. The number of nitro benzene ring substituents is 1. The van der Waals surface area contributed by atoms with Crippen molar-refractivity contribution in [2.24, 2.45) is 0 Å². The summed E-state index contributed by atoms with van der Waals surface area (Å²) in [7, 11) is 2.85. The van der Waals surface area contributed by atoms with Gasteiger partial charge in [-0.15, -0.1) is 0 Å². The standard InChI is InChI=1S/C15H13NO5/c1-20-14-7-12(11-6-4-3-5-10(11)9-17)13(16(18)19)8-15(14)21-2/h3-9H,1-2H3. The number of benzene rings is 2. The molecule has 0 heterocycles. The van der Waals surface area contributed by atoms with E-state index >= 15 is 0 Å². The molecule has 0 aromatic heterocycles. The predicted octanol–water partition coefficient (Wildman–Crippen LogP) is 3.09. The van der Waals surface area contributed by atoms with Gasteiger partial charge >= 0.3 is 0 Å². The molecule has 0 fully saturated rings. The number of rotatable bonds is 5. The van der Waals surface area contributed by atoms with Crippen LogP contribution in [0.4, 0.5) is 5.69 Å². The first-order valence-electron chi connectivity index (χ1n) is 6.07. The van der Waals surface area contributed by atoms with Crippen molar-refractivity contribution < 1.29 is 19.2 Å². The van der Waals surface area contributed by atoms with Crippen LogP contribution in [0, 0.1) is 10.1 Å². The lowest BCUT2D eigenvalue weighted by atomic mass is 9.98. The Morgan fingerprint density at radius 3 is 2.24 bits per heavy atom. The van der Waals surface area contributed by atoms with E-state index in [1.165, 1.54) is 26.4 Å². The molecule has 2 aromatic rings. The Labute approximate surface area is 121 Å². The summed E-state index contributed by atoms with van der Waals surface area (Å²) in [6.45, 7) is 0. The highest BCUT2D eigenvalue weighted by Gasteiger charge is 2.22. The normalized spacial score (nSPS) is 10.0. The van der Waals surface area contributed by atoms with Gasteiger partial charge in [0.1, 0.15) is 0 Å². The zero-order valence-corrected chi connectivity index (χ0v) is 11.5. The van der Waals surface area contributed by atoms with E-state index in [0.717, 1.165) is 0 Å². The van der Waals surface area contributed by atoms with Gasteiger partial charge < -0.3 is 9.47 Å². The highest BCUT2D eigenvalue weighted by molar-refractivity contribution is 5.91. The van der Waals surface area contributed by atoms with Crippen LogP contribution in [-0.4, -0.2) is 25.4 Å². The summed E-state index contributed by atoms with van der Waals surface area (Å²) in [4.78, 5) is 21.9. The summed E-state index contributed by atoms with van der Waals surface area (Å²) in [5.41, 5.74) is 0.996. The first kappa shape index (κ1) is 14.5. The quantitative estimate of drug-likeness (QED) is 0.479. The van der Waals surface area contributed by atoms with Gasteiger partial charge in [0, 0.05) is 5.56 Å². The molecular formula is C15H13NO5. The smallest absolute Gasteiger partial charge is 0.281 e. The van der Waals surface area contributed by atoms with Gasteiger partial charge in [0.15, 0.2) is 17.8 Å². The first-order chi connectivity index (χ1) is 10.1. The summed E-state index contributed by atoms with van der Waals surface area (Å²) in [6.07, 6.45) is 0.662. The maximum absolute atomic E-state index is 11.3. The van der Waals surface area contributed by atoms with Gasteiger partial charge in [-0.1, -0.05) is 24.3 Å². The average molecular weight is 287 g/mol. The SMILES string of the molecule is COc1cc(-c2ccccc2C=O)c([N+](=O)[O-])cc1OC. The number of carbonyl (C=O) groups excluding carboxylic acids is 1. The number of ether oxygens (including phenoxy) is 2. The highest BCUT2D eigenvalue weighted by Crippen LogP contribution is 2.40. The third-order valence-electron chi connectivity index (χ3n) is 3.08. The van der Waals surface area contributed by atoms with Gasteiger partial charge in [-0.2, -0.15) is 0 Å². The van der Waals surface area contributed by atoms with Crippen molar-refractivity contribution >= 4 is 12.0 Å². The van der Waals surface area contributed by atoms with Crippen LogP contribution in [0.15, 0.2) is 36.4 Å². The Balaban J connectivity index is 2.77. The molecule has 0 radical (unpaired) electrons. The second kappa shape index (κ2) is 6.04. The number of nitrogens with zero attached hydrogens (tertiary/aromatic N) is 1. The molecule has 21 heavy (non-hydrogen) atoms. The molecule has 0 amide bonds. The van der Waals surface area contributed by atoms with Crippen LogP contribution in [-0.2, 0) is 0 Å². The molecule has 0 aliphatic rings. The van der Waals surface area contributed by atoms with E-state index in [1.54, 1.807) is 24.3 Å². The zero-order valence-electron chi connectivity index (χ0n) is 11.5. The molecule has 0 atom stereocenters. The molecule has 0 N–H and O–H groups in total. The monoisotopic (exact) mass is 287 g/mol. The lowest BCUT2D eigenvalue weighted by Crippen LogP contribution is -1.98. The van der Waals surface area contributed by atoms with Crippen molar-refractivity contribution in [2.45, 2.75) is 0 Å². The van der Waals surface area contributed by atoms with E-state index in [9.17, 15) is 14.9 Å². The summed E-state index contributed by atoms with van der Waals surface area (Å²) < 4.78 is 10.2. The van der Waals surface area contributed by atoms with Crippen LogP contribution in [0.5, 0.6) is 11.5 Å². The van der Waals surface area contributed by atoms with Crippen LogP contribution in [0.3, 0.4) is 0 Å². The van der Waals surface area contributed by atoms with Gasteiger partial charge in [0.2, 0.25) is 0 Å². The predicted molar refractivity (Wildman–Crippen MR) is 77.0 cm³/mol. The molecule has 6 heteroatoms. The van der Waals surface area contributed by atoms with Gasteiger partial charge in [-0.05, 0) is 11.6 Å². The molecule has 108 valence electrons. The molecule has 6 nitrogen and oxygen atoms in total. The van der Waals surface area contributed by atoms with Crippen molar-refractivity contribution in [1.29, 1.82) is 0 Å². The van der Waals surface area contributed by atoms with E-state index in [4.69, 9.17) is 9.47 Å². The average Bonchev–Trinajstić information content (AvgIpc) is 2.53. The minimum atomic E-state index is -0.515. The third-order valence-corrected chi connectivity index (χ3v) is 3.08. The van der Waals surface area contributed by atoms with E-state index < -0.39 is 4.92 Å². The zero-order chi connectivity index (χ0) is 15.4. The number of nitro groups is 1. The Bertz CT molecular complexity index is 696. The van der Waals surface area contributed by atoms with Crippen molar-refractivity contribution in [3.05, 3.63) is 52.1 Å². The number of methoxy groups -OCH3 is 2. The Hall–Kier alpha value is -2.89. The molecule has 0 aliphatic carbocycles. The van der Waals surface area contributed by atoms with Crippen molar-refractivity contribution in [1.82, 2.24) is 0 Å². The molecule has 2 aromatic carbocycles. The molecule has 0 bridgehead atoms. The third kappa shape index (κ3) is 2.69. The highest BCUT2D eigenvalue weighted by atomic mass is 16.6. The van der Waals surface area contributed by atoms with E-state index in [2.05, 4.69) is 0 Å². The van der Waals surface area contributed by atoms with Gasteiger partial charge in [0.25, 0.3) is 5.69 Å². The lowest BCUT2D eigenvalue weighted by Gasteiger charge is -2.11. The molecule has 2 rings (SSSR count). The van der Waals surface area contributed by atoms with Gasteiger partial charge in [-0.3, -0.25) is 14.9 Å². The maximum atomic E-state index is 11.3. The fourth-order valence-electron chi connectivity index (χ4n) is 2.08. The number of hydrogen-bond donors (Lipinski definition) is 0. The van der Waals surface area contributed by atoms with Gasteiger partial charge in [-0.25, -0.2) is 0 Å². The Morgan fingerprint density at radius 1 is 1.05 bits per heavy atom. The van der Waals surface area contributed by atoms with Crippen molar-refractivity contribution in [2.75, 3.05) is 14.2 Å². The molecule has 0 saturated heterocycles. The topological polar surface area (TPSA) is 78.7 Å². The first-order valence-corrected chi connectivity index (χ1v) is 6.07. The van der Waals surface area contributed by atoms with Crippen LogP contribution in [0.2, 0.25) is 0 Å². The minimum absolute atomic E-state index is 0.151. The van der Waals surface area contributed by atoms with Gasteiger partial charge in [0.05, 0.1) is 30.8 Å². The Kier molecular flexibility index (Phi) is 4.18. The molecule has 0 spiro atoms. The minimum Gasteiger partial charge on any atom is -0.493 e. The van der Waals surface area contributed by atoms with Crippen LogP contribution in [0.25, 0.3) is 11.1 Å². The van der Waals surface area contributed by atoms with Crippen LogP contribution in [0.1, 0.15) is 10.4 Å². The number of aldehydes is 1. The van der Waals surface area contributed by atoms with Crippen molar-refractivity contribution in [3.8, 4) is 22.6 Å². The lowest BCUT2D eigenvalue weighted by molar-refractivity contribution is -0.384. The summed E-state index contributed by atoms with van der Waals surface area (Å²) in [6, 6.07) is 9.44. The molecule has 0 aliphatic heterocycles. The van der Waals surface area contributed by atoms with Crippen molar-refractivity contribution in [3.63, 3.8) is 0 Å². The van der Waals surface area contributed by atoms with E-state index in [0.29, 0.717) is 28.7 Å². The van der Waals surface area contributed by atoms with Crippen LogP contribution < -0.4 is 9.47 Å². The maximum Gasteiger partial charge on any atom is 0.281 e. The largest absolute Gasteiger partial charge is 0.493 e. The second-order valence-electron chi connectivity index (χ2n) is 4.19. The second-order valence-corrected chi connectivity index (χ2v) is 4.19. The number of carbonyl (C=O) groups is 1. The summed E-state index contributed by atoms with van der Waals surface area (Å²) >= 11 is 0. The molecule has 0 saturated carbocycles. The van der Waals surface area contributed by atoms with Crippen LogP contribution >= 0.6 is 0 Å². The summed E-state index contributed by atoms with van der Waals surface area (Å²) in [5.74, 6) is 0.621. The Morgan fingerprint density at radius 2 is 1.67 bits per heavy atom. The fourth-order valence-corrected chi connectivity index (χ4v) is 2.08. The molecular weight excluding hydrogens is 274 g/mol. The fraction of sp³-hybridized carbons (Fsp3) is 0.133. The molecule has 0 unspecified atom stereocenters. The number of hydrogen-bond acceptors (Lipinski definition) is 5. The van der Waals surface area contributed by atoms with E-state index in [1.807, 2.05) is 0 Å².